The second-order valence-electron chi connectivity index (χ2n) is 4.94. The number of nitrogens with zero attached hydrogens (tertiary/aromatic N) is 2. The molecule has 0 saturated heterocycles. The van der Waals surface area contributed by atoms with Crippen LogP contribution in [0.1, 0.15) is 31.9 Å². The van der Waals surface area contributed by atoms with Gasteiger partial charge in [0, 0.05) is 11.5 Å². The molecule has 102 valence electrons. The van der Waals surface area contributed by atoms with Gasteiger partial charge in [-0.05, 0) is 18.9 Å². The highest BCUT2D eigenvalue weighted by Gasteiger charge is 2.09. The molecule has 0 fully saturated rings. The van der Waals surface area contributed by atoms with E-state index in [-0.39, 0.29) is 5.63 Å². The highest BCUT2D eigenvalue weighted by Crippen LogP contribution is 2.20. The van der Waals surface area contributed by atoms with E-state index in [0.717, 1.165) is 23.9 Å². The van der Waals surface area contributed by atoms with Gasteiger partial charge in [0.15, 0.2) is 5.58 Å². The lowest BCUT2D eigenvalue weighted by molar-refractivity contribution is 0.566. The standard InChI is InChI=1S/C16H16N2O2/c1-2-3-4-7-11-10-14-15(18-17-11)12-8-5-6-9-13(12)16(19)20-14/h5-6,8-10H,2-4,7H2,1H3. The fraction of sp³-hybridized carbons (Fsp3) is 0.312. The third-order valence-electron chi connectivity index (χ3n) is 3.45. The first-order valence-electron chi connectivity index (χ1n) is 6.97. The zero-order valence-corrected chi connectivity index (χ0v) is 11.4. The van der Waals surface area contributed by atoms with E-state index in [1.54, 1.807) is 6.07 Å². The summed E-state index contributed by atoms with van der Waals surface area (Å²) in [6.07, 6.45) is 4.28. The van der Waals surface area contributed by atoms with E-state index in [9.17, 15) is 4.79 Å². The van der Waals surface area contributed by atoms with Crippen LogP contribution in [0, 0.1) is 0 Å². The lowest BCUT2D eigenvalue weighted by atomic mass is 10.1. The molecule has 4 heteroatoms. The van der Waals surface area contributed by atoms with Gasteiger partial charge in [-0.25, -0.2) is 4.79 Å². The molecule has 20 heavy (non-hydrogen) atoms. The molecule has 2 heterocycles. The van der Waals surface area contributed by atoms with Gasteiger partial charge in [0.2, 0.25) is 0 Å². The Kier molecular flexibility index (Phi) is 3.46. The number of fused-ring (bicyclic) bond motifs is 3. The SMILES string of the molecule is CCCCCc1cc2oc(=O)c3ccccc3c2nn1. The fourth-order valence-corrected chi connectivity index (χ4v) is 2.38. The molecule has 4 nitrogen and oxygen atoms in total. The van der Waals surface area contributed by atoms with Crippen molar-refractivity contribution in [3.63, 3.8) is 0 Å². The lowest BCUT2D eigenvalue weighted by Gasteiger charge is -2.03. The molecule has 3 rings (SSSR count). The summed E-state index contributed by atoms with van der Waals surface area (Å²) in [6.45, 7) is 2.16. The van der Waals surface area contributed by atoms with Crippen LogP contribution in [0.15, 0.2) is 39.5 Å². The second-order valence-corrected chi connectivity index (χ2v) is 4.94. The first-order chi connectivity index (χ1) is 9.79. The number of aromatic nitrogens is 2. The molecular weight excluding hydrogens is 252 g/mol. The maximum Gasteiger partial charge on any atom is 0.344 e. The average Bonchev–Trinajstić information content (AvgIpc) is 2.48. The van der Waals surface area contributed by atoms with Crippen LogP contribution in [0.3, 0.4) is 0 Å². The van der Waals surface area contributed by atoms with E-state index in [1.165, 1.54) is 12.8 Å². The normalized spacial score (nSPS) is 11.2. The number of benzene rings is 1. The van der Waals surface area contributed by atoms with Crippen molar-refractivity contribution in [3.8, 4) is 0 Å². The van der Waals surface area contributed by atoms with Crippen molar-refractivity contribution >= 4 is 21.9 Å². The molecule has 0 saturated carbocycles. The largest absolute Gasteiger partial charge is 0.420 e. The van der Waals surface area contributed by atoms with E-state index < -0.39 is 0 Å². The predicted octanol–water partition coefficient (Wildman–Crippen LogP) is 3.47. The van der Waals surface area contributed by atoms with Crippen molar-refractivity contribution < 1.29 is 4.42 Å². The van der Waals surface area contributed by atoms with Gasteiger partial charge in [0.1, 0.15) is 5.52 Å². The third kappa shape index (κ3) is 2.29. The summed E-state index contributed by atoms with van der Waals surface area (Å²) >= 11 is 0. The first kappa shape index (κ1) is 12.8. The average molecular weight is 268 g/mol. The van der Waals surface area contributed by atoms with E-state index >= 15 is 0 Å². The summed E-state index contributed by atoms with van der Waals surface area (Å²) in [5.74, 6) is 0. The maximum absolute atomic E-state index is 11.9. The van der Waals surface area contributed by atoms with Crippen molar-refractivity contribution in [1.82, 2.24) is 10.2 Å². The number of rotatable bonds is 4. The highest BCUT2D eigenvalue weighted by atomic mass is 16.4. The van der Waals surface area contributed by atoms with Crippen molar-refractivity contribution in [2.45, 2.75) is 32.6 Å². The van der Waals surface area contributed by atoms with Gasteiger partial charge < -0.3 is 4.42 Å². The van der Waals surface area contributed by atoms with E-state index in [2.05, 4.69) is 17.1 Å². The van der Waals surface area contributed by atoms with Gasteiger partial charge >= 0.3 is 5.63 Å². The van der Waals surface area contributed by atoms with Crippen LogP contribution in [0.2, 0.25) is 0 Å². The molecule has 3 aromatic rings. The summed E-state index contributed by atoms with van der Waals surface area (Å²) in [6, 6.07) is 9.17. The Hall–Kier alpha value is -2.23. The molecule has 0 bridgehead atoms. The molecule has 0 radical (unpaired) electrons. The summed E-state index contributed by atoms with van der Waals surface area (Å²) in [7, 11) is 0. The van der Waals surface area contributed by atoms with Crippen molar-refractivity contribution in [1.29, 1.82) is 0 Å². The van der Waals surface area contributed by atoms with Crippen molar-refractivity contribution in [2.75, 3.05) is 0 Å². The minimum absolute atomic E-state index is 0.319. The number of hydrogen-bond acceptors (Lipinski definition) is 4. The molecule has 0 amide bonds. The van der Waals surface area contributed by atoms with Gasteiger partial charge in [-0.1, -0.05) is 38.0 Å². The number of aryl methyl sites for hydroxylation is 1. The van der Waals surface area contributed by atoms with Crippen LogP contribution in [0.25, 0.3) is 21.9 Å². The minimum atomic E-state index is -0.319. The van der Waals surface area contributed by atoms with Gasteiger partial charge in [-0.2, -0.15) is 5.10 Å². The van der Waals surface area contributed by atoms with Gasteiger partial charge in [0.05, 0.1) is 11.1 Å². The topological polar surface area (TPSA) is 56.0 Å². The molecule has 0 aliphatic heterocycles. The Bertz CT molecular complexity index is 808. The lowest BCUT2D eigenvalue weighted by Crippen LogP contribution is -2.02. The molecule has 0 atom stereocenters. The Labute approximate surface area is 116 Å². The fourth-order valence-electron chi connectivity index (χ4n) is 2.38. The molecule has 0 unspecified atom stereocenters. The Morgan fingerprint density at radius 1 is 1.10 bits per heavy atom. The minimum Gasteiger partial charge on any atom is -0.420 e. The van der Waals surface area contributed by atoms with E-state index in [0.29, 0.717) is 16.5 Å². The van der Waals surface area contributed by atoms with Crippen LogP contribution in [-0.2, 0) is 6.42 Å². The van der Waals surface area contributed by atoms with Gasteiger partial charge in [-0.3, -0.25) is 0 Å². The van der Waals surface area contributed by atoms with Crippen molar-refractivity contribution in [3.05, 3.63) is 46.4 Å². The summed E-state index contributed by atoms with van der Waals surface area (Å²) in [5, 5.41) is 9.84. The zero-order valence-electron chi connectivity index (χ0n) is 11.4. The number of unbranched alkanes of at least 4 members (excludes halogenated alkanes) is 2. The van der Waals surface area contributed by atoms with Crippen LogP contribution >= 0.6 is 0 Å². The van der Waals surface area contributed by atoms with Gasteiger partial charge in [0.25, 0.3) is 0 Å². The molecule has 0 aliphatic carbocycles. The highest BCUT2D eigenvalue weighted by molar-refractivity contribution is 6.01. The van der Waals surface area contributed by atoms with Crippen LogP contribution < -0.4 is 5.63 Å². The van der Waals surface area contributed by atoms with Crippen LogP contribution in [-0.4, -0.2) is 10.2 Å². The summed E-state index contributed by atoms with van der Waals surface area (Å²) < 4.78 is 5.36. The van der Waals surface area contributed by atoms with E-state index in [1.807, 2.05) is 24.3 Å². The molecule has 2 aromatic heterocycles. The molecular formula is C16H16N2O2. The smallest absolute Gasteiger partial charge is 0.344 e. The third-order valence-corrected chi connectivity index (χ3v) is 3.45. The predicted molar refractivity (Wildman–Crippen MR) is 78.8 cm³/mol. The molecule has 0 spiro atoms. The number of hydrogen-bond donors (Lipinski definition) is 0. The van der Waals surface area contributed by atoms with Crippen LogP contribution in [0.5, 0.6) is 0 Å². The quantitative estimate of drug-likeness (QED) is 0.537. The summed E-state index contributed by atoms with van der Waals surface area (Å²) in [4.78, 5) is 11.9. The summed E-state index contributed by atoms with van der Waals surface area (Å²) in [5.41, 5.74) is 1.74. The van der Waals surface area contributed by atoms with Crippen LogP contribution in [0.4, 0.5) is 0 Å². The van der Waals surface area contributed by atoms with E-state index in [4.69, 9.17) is 4.42 Å². The second kappa shape index (κ2) is 5.41. The Balaban J connectivity index is 2.11. The van der Waals surface area contributed by atoms with Crippen molar-refractivity contribution in [2.24, 2.45) is 0 Å². The Morgan fingerprint density at radius 3 is 2.70 bits per heavy atom. The molecule has 0 aliphatic rings. The van der Waals surface area contributed by atoms with Gasteiger partial charge in [-0.15, -0.1) is 5.10 Å². The molecule has 0 N–H and O–H groups in total. The first-order valence-corrected chi connectivity index (χ1v) is 6.97. The monoisotopic (exact) mass is 268 g/mol. The Morgan fingerprint density at radius 2 is 1.90 bits per heavy atom. The molecule has 1 aromatic carbocycles. The zero-order chi connectivity index (χ0) is 13.9. The maximum atomic E-state index is 11.9.